The summed E-state index contributed by atoms with van der Waals surface area (Å²) in [6, 6.07) is 18.4. The van der Waals surface area contributed by atoms with Gasteiger partial charge in [-0.25, -0.2) is 0 Å². The monoisotopic (exact) mass is 238 g/mol. The average molecular weight is 238 g/mol. The molecule has 0 spiro atoms. The van der Waals surface area contributed by atoms with Crippen molar-refractivity contribution in [2.45, 2.75) is 13.3 Å². The summed E-state index contributed by atoms with van der Waals surface area (Å²) in [5.74, 6) is 1.00. The Bertz CT molecular complexity index is 500. The third-order valence-corrected chi connectivity index (χ3v) is 2.70. The van der Waals surface area contributed by atoms with E-state index in [1.165, 1.54) is 11.1 Å². The number of rotatable bonds is 0. The van der Waals surface area contributed by atoms with Crippen molar-refractivity contribution in [1.82, 2.24) is 0 Å². The molecule has 0 saturated carbocycles. The van der Waals surface area contributed by atoms with Crippen LogP contribution >= 0.6 is 0 Å². The van der Waals surface area contributed by atoms with Gasteiger partial charge in [-0.2, -0.15) is 0 Å². The molecule has 0 amide bonds. The minimum Gasteiger partial charge on any atom is -0.493 e. The standard InChI is InChI=1S/C10H10O.C7H8/c1-2-7-10-9(5-1)6-3-4-8-11-10;1-7-5-3-2-4-6-7/h1-3,5-7H,4,8H2;2-6H,1H3. The Hall–Kier alpha value is -2.02. The van der Waals surface area contributed by atoms with Gasteiger partial charge in [0, 0.05) is 5.56 Å². The predicted molar refractivity (Wildman–Crippen MR) is 76.8 cm³/mol. The second-order valence-electron chi connectivity index (χ2n) is 4.23. The van der Waals surface area contributed by atoms with Crippen LogP contribution in [-0.4, -0.2) is 6.61 Å². The maximum absolute atomic E-state index is 5.49. The van der Waals surface area contributed by atoms with Gasteiger partial charge in [0.05, 0.1) is 6.61 Å². The SMILES string of the molecule is C1=Cc2ccccc2OCC1.Cc1ccccc1. The number of hydrogen-bond acceptors (Lipinski definition) is 1. The van der Waals surface area contributed by atoms with Gasteiger partial charge in [0.1, 0.15) is 5.75 Å². The van der Waals surface area contributed by atoms with Crippen LogP contribution in [0.15, 0.2) is 60.7 Å². The van der Waals surface area contributed by atoms with Crippen molar-refractivity contribution in [3.63, 3.8) is 0 Å². The molecule has 0 unspecified atom stereocenters. The second kappa shape index (κ2) is 6.65. The third-order valence-electron chi connectivity index (χ3n) is 2.70. The molecule has 0 radical (unpaired) electrons. The minimum absolute atomic E-state index is 0.799. The van der Waals surface area contributed by atoms with E-state index < -0.39 is 0 Å². The maximum atomic E-state index is 5.49. The van der Waals surface area contributed by atoms with Crippen molar-refractivity contribution < 1.29 is 4.74 Å². The van der Waals surface area contributed by atoms with Gasteiger partial charge in [-0.1, -0.05) is 66.2 Å². The van der Waals surface area contributed by atoms with Gasteiger partial charge in [0.25, 0.3) is 0 Å². The lowest BCUT2D eigenvalue weighted by Gasteiger charge is -2.03. The summed E-state index contributed by atoms with van der Waals surface area (Å²) in [6.45, 7) is 2.88. The smallest absolute Gasteiger partial charge is 0.126 e. The Morgan fingerprint density at radius 1 is 0.889 bits per heavy atom. The number of benzene rings is 2. The molecule has 1 aliphatic rings. The molecule has 0 N–H and O–H groups in total. The molecule has 1 heteroatoms. The molecule has 2 aromatic rings. The summed E-state index contributed by atoms with van der Waals surface area (Å²) in [5.41, 5.74) is 2.51. The first-order valence-electron chi connectivity index (χ1n) is 6.26. The molecule has 0 aromatic heterocycles. The topological polar surface area (TPSA) is 9.23 Å². The molecule has 0 atom stereocenters. The van der Waals surface area contributed by atoms with Crippen molar-refractivity contribution in [2.75, 3.05) is 6.61 Å². The average Bonchev–Trinajstić information content (AvgIpc) is 2.65. The highest BCUT2D eigenvalue weighted by Gasteiger charge is 2.00. The summed E-state index contributed by atoms with van der Waals surface area (Å²) in [5, 5.41) is 0. The van der Waals surface area contributed by atoms with Crippen LogP contribution in [0.2, 0.25) is 0 Å². The zero-order chi connectivity index (χ0) is 12.6. The lowest BCUT2D eigenvalue weighted by Crippen LogP contribution is -1.94. The van der Waals surface area contributed by atoms with Gasteiger partial charge < -0.3 is 4.74 Å². The van der Waals surface area contributed by atoms with Crippen LogP contribution in [0.25, 0.3) is 6.08 Å². The normalized spacial score (nSPS) is 12.5. The van der Waals surface area contributed by atoms with E-state index in [-0.39, 0.29) is 0 Å². The van der Waals surface area contributed by atoms with E-state index in [1.54, 1.807) is 0 Å². The van der Waals surface area contributed by atoms with E-state index >= 15 is 0 Å². The Balaban J connectivity index is 0.000000149. The van der Waals surface area contributed by atoms with Crippen LogP contribution in [0.5, 0.6) is 5.75 Å². The van der Waals surface area contributed by atoms with E-state index in [2.05, 4.69) is 37.3 Å². The molecule has 18 heavy (non-hydrogen) atoms. The zero-order valence-corrected chi connectivity index (χ0v) is 10.7. The molecular weight excluding hydrogens is 220 g/mol. The second-order valence-corrected chi connectivity index (χ2v) is 4.23. The fraction of sp³-hybridized carbons (Fsp3) is 0.176. The summed E-state index contributed by atoms with van der Waals surface area (Å²) in [4.78, 5) is 0. The van der Waals surface area contributed by atoms with Crippen molar-refractivity contribution in [2.24, 2.45) is 0 Å². The molecule has 1 heterocycles. The highest BCUT2D eigenvalue weighted by atomic mass is 16.5. The summed E-state index contributed by atoms with van der Waals surface area (Å²) < 4.78 is 5.49. The van der Waals surface area contributed by atoms with E-state index in [0.29, 0.717) is 0 Å². The fourth-order valence-corrected chi connectivity index (χ4v) is 1.73. The van der Waals surface area contributed by atoms with Crippen LogP contribution in [0.4, 0.5) is 0 Å². The Kier molecular flexibility index (Phi) is 4.60. The molecule has 0 bridgehead atoms. The first-order chi connectivity index (χ1) is 8.86. The molecule has 3 rings (SSSR count). The summed E-state index contributed by atoms with van der Waals surface area (Å²) >= 11 is 0. The fourth-order valence-electron chi connectivity index (χ4n) is 1.73. The maximum Gasteiger partial charge on any atom is 0.126 e. The third kappa shape index (κ3) is 3.77. The van der Waals surface area contributed by atoms with Crippen molar-refractivity contribution in [1.29, 1.82) is 0 Å². The Morgan fingerprint density at radius 3 is 2.33 bits per heavy atom. The van der Waals surface area contributed by atoms with E-state index in [1.807, 2.05) is 36.4 Å². The number of ether oxygens (including phenoxy) is 1. The van der Waals surface area contributed by atoms with E-state index in [4.69, 9.17) is 4.74 Å². The number of fused-ring (bicyclic) bond motifs is 1. The molecule has 0 fully saturated rings. The Morgan fingerprint density at radius 2 is 1.61 bits per heavy atom. The first-order valence-corrected chi connectivity index (χ1v) is 6.26. The largest absolute Gasteiger partial charge is 0.493 e. The minimum atomic E-state index is 0.799. The predicted octanol–water partition coefficient (Wildman–Crippen LogP) is 4.48. The van der Waals surface area contributed by atoms with Gasteiger partial charge in [-0.15, -0.1) is 0 Å². The Labute approximate surface area is 109 Å². The highest BCUT2D eigenvalue weighted by molar-refractivity contribution is 5.57. The lowest BCUT2D eigenvalue weighted by molar-refractivity contribution is 0.326. The quantitative estimate of drug-likeness (QED) is 0.657. The van der Waals surface area contributed by atoms with Crippen LogP contribution in [0.1, 0.15) is 17.5 Å². The molecule has 2 aromatic carbocycles. The van der Waals surface area contributed by atoms with Crippen LogP contribution in [-0.2, 0) is 0 Å². The highest BCUT2D eigenvalue weighted by Crippen LogP contribution is 2.21. The molecular formula is C17H18O. The zero-order valence-electron chi connectivity index (χ0n) is 10.7. The van der Waals surface area contributed by atoms with E-state index in [0.717, 1.165) is 18.8 Å². The number of aryl methyl sites for hydroxylation is 1. The summed E-state index contributed by atoms with van der Waals surface area (Å²) in [6.07, 6.45) is 5.27. The van der Waals surface area contributed by atoms with Crippen molar-refractivity contribution in [3.05, 3.63) is 71.8 Å². The van der Waals surface area contributed by atoms with E-state index in [9.17, 15) is 0 Å². The number of hydrogen-bond donors (Lipinski definition) is 0. The van der Waals surface area contributed by atoms with Gasteiger partial charge in [0.2, 0.25) is 0 Å². The van der Waals surface area contributed by atoms with Gasteiger partial charge in [-0.3, -0.25) is 0 Å². The first kappa shape index (κ1) is 12.4. The summed E-state index contributed by atoms with van der Waals surface area (Å²) in [7, 11) is 0. The van der Waals surface area contributed by atoms with Crippen LogP contribution < -0.4 is 4.74 Å². The molecule has 92 valence electrons. The molecule has 0 saturated heterocycles. The lowest BCUT2D eigenvalue weighted by atomic mass is 10.2. The van der Waals surface area contributed by atoms with Gasteiger partial charge in [-0.05, 0) is 19.4 Å². The molecule has 1 aliphatic heterocycles. The van der Waals surface area contributed by atoms with Gasteiger partial charge >= 0.3 is 0 Å². The number of para-hydroxylation sites is 1. The van der Waals surface area contributed by atoms with Gasteiger partial charge in [0.15, 0.2) is 0 Å². The molecule has 0 aliphatic carbocycles. The van der Waals surface area contributed by atoms with Crippen molar-refractivity contribution >= 4 is 6.08 Å². The molecule has 1 nitrogen and oxygen atoms in total. The van der Waals surface area contributed by atoms with Crippen molar-refractivity contribution in [3.8, 4) is 5.75 Å². The van der Waals surface area contributed by atoms with Crippen LogP contribution in [0, 0.1) is 6.92 Å². The van der Waals surface area contributed by atoms with Crippen LogP contribution in [0.3, 0.4) is 0 Å².